The highest BCUT2D eigenvalue weighted by molar-refractivity contribution is 5.81. The highest BCUT2D eigenvalue weighted by Gasteiger charge is 2.42. The minimum absolute atomic E-state index is 0.00492. The van der Waals surface area contributed by atoms with Gasteiger partial charge < -0.3 is 15.0 Å². The summed E-state index contributed by atoms with van der Waals surface area (Å²) in [7, 11) is 0. The number of anilines is 1. The van der Waals surface area contributed by atoms with Crippen molar-refractivity contribution in [3.63, 3.8) is 0 Å². The van der Waals surface area contributed by atoms with Crippen LogP contribution in [0.1, 0.15) is 33.1 Å². The van der Waals surface area contributed by atoms with E-state index in [1.165, 1.54) is 12.4 Å². The fourth-order valence-corrected chi connectivity index (χ4v) is 3.20. The molecular weight excluding hydrogens is 287 g/mol. The van der Waals surface area contributed by atoms with Crippen LogP contribution in [0, 0.1) is 5.82 Å². The normalized spacial score (nSPS) is 27.8. The number of rotatable bonds is 3. The molecule has 1 N–H and O–H groups in total. The van der Waals surface area contributed by atoms with Crippen molar-refractivity contribution in [1.29, 1.82) is 0 Å². The summed E-state index contributed by atoms with van der Waals surface area (Å²) in [6.07, 6.45) is 4.34. The van der Waals surface area contributed by atoms with Gasteiger partial charge in [0, 0.05) is 12.6 Å². The van der Waals surface area contributed by atoms with Gasteiger partial charge in [0.05, 0.1) is 24.5 Å². The van der Waals surface area contributed by atoms with Crippen LogP contribution in [0.3, 0.4) is 0 Å². The number of nitrogens with zero attached hydrogens (tertiary/aromatic N) is 3. The van der Waals surface area contributed by atoms with Gasteiger partial charge in [0.1, 0.15) is 6.10 Å². The maximum Gasteiger partial charge on any atom is 0.249 e. The number of aromatic nitrogens is 2. The van der Waals surface area contributed by atoms with Crippen LogP contribution in [-0.4, -0.2) is 46.7 Å². The summed E-state index contributed by atoms with van der Waals surface area (Å²) >= 11 is 0. The zero-order chi connectivity index (χ0) is 15.7. The number of amides is 1. The van der Waals surface area contributed by atoms with E-state index in [2.05, 4.69) is 20.2 Å². The number of fused-ring (bicyclic) bond motifs is 1. The summed E-state index contributed by atoms with van der Waals surface area (Å²) in [5, 5.41) is 2.90. The maximum atomic E-state index is 12.9. The fraction of sp³-hybridized carbons (Fsp3) is 0.667. The van der Waals surface area contributed by atoms with Crippen LogP contribution < -0.4 is 10.2 Å². The van der Waals surface area contributed by atoms with Crippen LogP contribution in [0.5, 0.6) is 0 Å². The Morgan fingerprint density at radius 1 is 1.36 bits per heavy atom. The highest BCUT2D eigenvalue weighted by Crippen LogP contribution is 2.33. The summed E-state index contributed by atoms with van der Waals surface area (Å²) in [6.45, 7) is 4.64. The molecule has 3 rings (SSSR count). The average molecular weight is 308 g/mol. The number of ether oxygens (including phenoxy) is 1. The van der Waals surface area contributed by atoms with E-state index < -0.39 is 5.82 Å². The van der Waals surface area contributed by atoms with Crippen LogP contribution in [0.4, 0.5) is 10.3 Å². The molecule has 7 heteroatoms. The van der Waals surface area contributed by atoms with Crippen LogP contribution in [-0.2, 0) is 9.53 Å². The van der Waals surface area contributed by atoms with E-state index in [0.29, 0.717) is 12.4 Å². The zero-order valence-electron chi connectivity index (χ0n) is 12.8. The Hall–Kier alpha value is -1.76. The van der Waals surface area contributed by atoms with E-state index in [1.807, 2.05) is 13.8 Å². The molecule has 120 valence electrons. The lowest BCUT2D eigenvalue weighted by molar-refractivity contribution is -0.142. The highest BCUT2D eigenvalue weighted by atomic mass is 19.1. The minimum atomic E-state index is -0.440. The second-order valence-corrected chi connectivity index (χ2v) is 6.15. The van der Waals surface area contributed by atoms with Gasteiger partial charge in [-0.2, -0.15) is 0 Å². The molecule has 0 aromatic carbocycles. The van der Waals surface area contributed by atoms with Crippen molar-refractivity contribution < 1.29 is 13.9 Å². The van der Waals surface area contributed by atoms with Gasteiger partial charge in [0.25, 0.3) is 0 Å². The predicted molar refractivity (Wildman–Crippen MR) is 78.9 cm³/mol. The third kappa shape index (κ3) is 3.04. The first-order chi connectivity index (χ1) is 10.5. The van der Waals surface area contributed by atoms with Crippen LogP contribution in [0.15, 0.2) is 12.4 Å². The molecule has 6 nitrogen and oxygen atoms in total. The van der Waals surface area contributed by atoms with Gasteiger partial charge in [-0.1, -0.05) is 0 Å². The van der Waals surface area contributed by atoms with E-state index in [0.717, 1.165) is 19.4 Å². The second-order valence-electron chi connectivity index (χ2n) is 6.15. The fourth-order valence-electron chi connectivity index (χ4n) is 3.20. The van der Waals surface area contributed by atoms with Gasteiger partial charge in [-0.05, 0) is 33.1 Å². The molecule has 1 aromatic heterocycles. The molecule has 2 aliphatic heterocycles. The Morgan fingerprint density at radius 3 is 2.77 bits per heavy atom. The van der Waals surface area contributed by atoms with Crippen LogP contribution in [0.25, 0.3) is 0 Å². The predicted octanol–water partition coefficient (Wildman–Crippen LogP) is 1.27. The lowest BCUT2D eigenvalue weighted by atomic mass is 9.98. The number of carbonyl (C=O) groups is 1. The Morgan fingerprint density at radius 2 is 2.09 bits per heavy atom. The molecule has 0 bridgehead atoms. The first-order valence-electron chi connectivity index (χ1n) is 7.74. The van der Waals surface area contributed by atoms with Crippen molar-refractivity contribution >= 4 is 11.9 Å². The zero-order valence-corrected chi connectivity index (χ0v) is 12.8. The van der Waals surface area contributed by atoms with Crippen molar-refractivity contribution in [1.82, 2.24) is 15.3 Å². The SMILES string of the molecule is CC(C)NC(=O)[C@@H]1CC[C@H]2[C@@H](CCN2c2ncc(F)cn2)O1. The third-order valence-corrected chi connectivity index (χ3v) is 4.13. The lowest BCUT2D eigenvalue weighted by Crippen LogP contribution is -2.49. The molecule has 22 heavy (non-hydrogen) atoms. The number of nitrogens with one attached hydrogen (secondary N) is 1. The van der Waals surface area contributed by atoms with Crippen LogP contribution in [0.2, 0.25) is 0 Å². The minimum Gasteiger partial charge on any atom is -0.363 e. The van der Waals surface area contributed by atoms with Crippen molar-refractivity contribution in [3.8, 4) is 0 Å². The molecule has 2 saturated heterocycles. The summed E-state index contributed by atoms with van der Waals surface area (Å²) in [4.78, 5) is 22.2. The van der Waals surface area contributed by atoms with E-state index in [9.17, 15) is 9.18 Å². The molecule has 2 aliphatic rings. The Balaban J connectivity index is 1.64. The molecule has 2 fully saturated rings. The molecule has 3 heterocycles. The van der Waals surface area contributed by atoms with Crippen LogP contribution >= 0.6 is 0 Å². The van der Waals surface area contributed by atoms with Gasteiger partial charge in [-0.3, -0.25) is 4.79 Å². The summed E-state index contributed by atoms with van der Waals surface area (Å²) in [6, 6.07) is 0.273. The number of carbonyl (C=O) groups excluding carboxylic acids is 1. The number of halogens is 1. The van der Waals surface area contributed by atoms with E-state index in [1.54, 1.807) is 0 Å². The van der Waals surface area contributed by atoms with Gasteiger partial charge in [0.2, 0.25) is 11.9 Å². The van der Waals surface area contributed by atoms with E-state index in [4.69, 9.17) is 4.74 Å². The first-order valence-corrected chi connectivity index (χ1v) is 7.74. The van der Waals surface area contributed by atoms with E-state index >= 15 is 0 Å². The van der Waals surface area contributed by atoms with Crippen molar-refractivity contribution in [3.05, 3.63) is 18.2 Å². The standard InChI is InChI=1S/C15H21FN4O2/c1-9(2)19-14(21)13-4-3-11-12(22-13)5-6-20(11)15-17-7-10(16)8-18-15/h7-9,11-13H,3-6H2,1-2H3,(H,19,21)/t11-,12+,13-/m0/s1. The molecule has 3 atom stereocenters. The molecule has 0 saturated carbocycles. The van der Waals surface area contributed by atoms with E-state index in [-0.39, 0.29) is 30.2 Å². The van der Waals surface area contributed by atoms with Gasteiger partial charge >= 0.3 is 0 Å². The Kier molecular flexibility index (Phi) is 4.24. The lowest BCUT2D eigenvalue weighted by Gasteiger charge is -2.35. The van der Waals surface area contributed by atoms with Gasteiger partial charge in [-0.15, -0.1) is 0 Å². The Labute approximate surface area is 129 Å². The first kappa shape index (κ1) is 15.1. The quantitative estimate of drug-likeness (QED) is 0.911. The smallest absolute Gasteiger partial charge is 0.249 e. The number of hydrogen-bond donors (Lipinski definition) is 1. The average Bonchev–Trinajstić information content (AvgIpc) is 2.90. The third-order valence-electron chi connectivity index (χ3n) is 4.13. The summed E-state index contributed by atoms with van der Waals surface area (Å²) < 4.78 is 18.9. The molecule has 1 aromatic rings. The van der Waals surface area contributed by atoms with Gasteiger partial charge in [-0.25, -0.2) is 14.4 Å². The van der Waals surface area contributed by atoms with Crippen molar-refractivity contribution in [2.45, 2.75) is 57.4 Å². The maximum absolute atomic E-state index is 12.9. The van der Waals surface area contributed by atoms with Crippen molar-refractivity contribution in [2.75, 3.05) is 11.4 Å². The molecule has 0 aliphatic carbocycles. The monoisotopic (exact) mass is 308 g/mol. The topological polar surface area (TPSA) is 67.4 Å². The Bertz CT molecular complexity index is 537. The molecule has 1 amide bonds. The second kappa shape index (κ2) is 6.16. The molecular formula is C15H21FN4O2. The summed E-state index contributed by atoms with van der Waals surface area (Å²) in [5.74, 6) is 0.0531. The van der Waals surface area contributed by atoms with Crippen molar-refractivity contribution in [2.24, 2.45) is 0 Å². The van der Waals surface area contributed by atoms with Gasteiger partial charge in [0.15, 0.2) is 5.82 Å². The molecule has 0 unspecified atom stereocenters. The largest absolute Gasteiger partial charge is 0.363 e. The number of hydrogen-bond acceptors (Lipinski definition) is 5. The molecule has 0 radical (unpaired) electrons. The summed E-state index contributed by atoms with van der Waals surface area (Å²) in [5.41, 5.74) is 0. The molecule has 0 spiro atoms.